The van der Waals surface area contributed by atoms with Crippen LogP contribution < -0.4 is 20.6 Å². The van der Waals surface area contributed by atoms with E-state index in [4.69, 9.17) is 14.2 Å². The Morgan fingerprint density at radius 2 is 1.72 bits per heavy atom. The molecule has 14 heteroatoms. The number of nitrogens with zero attached hydrogens (tertiary/aromatic N) is 5. The summed E-state index contributed by atoms with van der Waals surface area (Å²) in [7, 11) is 5.76. The fraction of sp³-hybridized carbons (Fsp3) is 0.273. The summed E-state index contributed by atoms with van der Waals surface area (Å²) in [6.45, 7) is 0.329. The van der Waals surface area contributed by atoms with Crippen LogP contribution in [0, 0.1) is 0 Å². The first-order chi connectivity index (χ1) is 22.6. The van der Waals surface area contributed by atoms with Crippen LogP contribution in [0.3, 0.4) is 0 Å². The number of ether oxygens (including phenoxy) is 3. The topological polar surface area (TPSA) is 156 Å². The number of epoxide rings is 1. The highest BCUT2D eigenvalue weighted by molar-refractivity contribution is 6.10. The van der Waals surface area contributed by atoms with E-state index >= 15 is 0 Å². The fourth-order valence-electron chi connectivity index (χ4n) is 5.71. The molecule has 3 atom stereocenters. The predicted octanol–water partition coefficient (Wildman–Crippen LogP) is 2.30. The van der Waals surface area contributed by atoms with Crippen molar-refractivity contribution in [3.8, 4) is 5.75 Å². The van der Waals surface area contributed by atoms with Crippen molar-refractivity contribution < 1.29 is 33.4 Å². The lowest BCUT2D eigenvalue weighted by atomic mass is 10.1. The van der Waals surface area contributed by atoms with Crippen molar-refractivity contribution in [1.82, 2.24) is 19.5 Å². The van der Waals surface area contributed by atoms with Gasteiger partial charge in [0.05, 0.1) is 43.0 Å². The zero-order valence-corrected chi connectivity index (χ0v) is 26.1. The minimum absolute atomic E-state index is 0.0623. The maximum atomic E-state index is 14.5. The van der Waals surface area contributed by atoms with E-state index in [1.165, 1.54) is 42.3 Å². The van der Waals surface area contributed by atoms with Gasteiger partial charge in [-0.05, 0) is 35.9 Å². The molecule has 0 bridgehead atoms. The van der Waals surface area contributed by atoms with Crippen LogP contribution in [0.4, 0.5) is 10.5 Å². The lowest BCUT2D eigenvalue weighted by Gasteiger charge is -2.29. The molecule has 6 rings (SSSR count). The second kappa shape index (κ2) is 12.6. The maximum absolute atomic E-state index is 14.5. The van der Waals surface area contributed by atoms with E-state index in [9.17, 15) is 24.0 Å². The molecule has 3 unspecified atom stereocenters. The number of anilines is 1. The highest BCUT2D eigenvalue weighted by atomic mass is 16.6. The second-order valence-corrected chi connectivity index (χ2v) is 11.2. The van der Waals surface area contributed by atoms with Gasteiger partial charge in [0, 0.05) is 20.6 Å². The van der Waals surface area contributed by atoms with Gasteiger partial charge in [-0.1, -0.05) is 42.5 Å². The van der Waals surface area contributed by atoms with Gasteiger partial charge in [0.25, 0.3) is 17.4 Å². The van der Waals surface area contributed by atoms with Crippen molar-refractivity contribution in [2.45, 2.75) is 24.7 Å². The number of benzene rings is 3. The van der Waals surface area contributed by atoms with Crippen molar-refractivity contribution in [3.05, 3.63) is 100 Å². The van der Waals surface area contributed by atoms with Crippen LogP contribution in [0.5, 0.6) is 5.75 Å². The van der Waals surface area contributed by atoms with Crippen LogP contribution in [-0.2, 0) is 25.6 Å². The molecule has 1 N–H and O–H groups in total. The number of hydrogen-bond acceptors (Lipinski definition) is 10. The lowest BCUT2D eigenvalue weighted by molar-refractivity contribution is -0.135. The first-order valence-electron chi connectivity index (χ1n) is 14.7. The number of methoxy groups -OCH3 is 2. The molecular formula is C33H32N6O8. The van der Waals surface area contributed by atoms with Crippen LogP contribution in [0.25, 0.3) is 10.9 Å². The molecule has 0 spiro atoms. The minimum atomic E-state index is -1.75. The van der Waals surface area contributed by atoms with Gasteiger partial charge in [0.2, 0.25) is 0 Å². The van der Waals surface area contributed by atoms with E-state index in [-0.39, 0.29) is 46.9 Å². The van der Waals surface area contributed by atoms with Gasteiger partial charge < -0.3 is 29.4 Å². The normalized spacial score (nSPS) is 17.9. The van der Waals surface area contributed by atoms with Gasteiger partial charge >= 0.3 is 12.0 Å². The Labute approximate surface area is 269 Å². The molecule has 4 aromatic rings. The Morgan fingerprint density at radius 1 is 1.02 bits per heavy atom. The molecule has 4 amide bonds. The number of imide groups is 1. The van der Waals surface area contributed by atoms with Crippen LogP contribution >= 0.6 is 0 Å². The molecule has 2 saturated heterocycles. The summed E-state index contributed by atoms with van der Waals surface area (Å²) < 4.78 is 16.9. The summed E-state index contributed by atoms with van der Waals surface area (Å²) in [5, 5.41) is 4.40. The number of fused-ring (bicyclic) bond motifs is 1. The number of aromatic nitrogens is 2. The van der Waals surface area contributed by atoms with Gasteiger partial charge in [-0.15, -0.1) is 0 Å². The van der Waals surface area contributed by atoms with Gasteiger partial charge in [0.1, 0.15) is 17.9 Å². The van der Waals surface area contributed by atoms with Gasteiger partial charge in [-0.3, -0.25) is 14.4 Å². The Kier molecular flexibility index (Phi) is 8.35. The standard InChI is InChI=1S/C33H32N6O8/c1-36(2)39-28(34-22-13-9-8-12-21(22)30(39)41)27(29(40)35-23-16-20(32(43)46-4)14-15-24(23)45-3)38-31(42)26(25-18-47-25)37(33(38)44)17-19-10-6-5-7-11-19/h5-16,25-27H,17-18H2,1-4H3,(H,35,40). The van der Waals surface area contributed by atoms with E-state index in [1.807, 2.05) is 30.3 Å². The molecule has 1 aromatic heterocycles. The first kappa shape index (κ1) is 31.2. The molecular weight excluding hydrogens is 608 g/mol. The molecule has 3 aromatic carbocycles. The van der Waals surface area contributed by atoms with Gasteiger partial charge in [-0.25, -0.2) is 24.1 Å². The van der Waals surface area contributed by atoms with Crippen molar-refractivity contribution in [1.29, 1.82) is 0 Å². The quantitative estimate of drug-likeness (QED) is 0.155. The zero-order chi connectivity index (χ0) is 33.4. The summed E-state index contributed by atoms with van der Waals surface area (Å²) >= 11 is 0. The SMILES string of the molecule is COC(=O)c1ccc(OC)c(NC(=O)C(c2nc3ccccc3c(=O)n2N(C)C)N2C(=O)C(C3CO3)N(Cc3ccccc3)C2=O)c1. The molecule has 242 valence electrons. The van der Waals surface area contributed by atoms with Crippen LogP contribution in [0.1, 0.15) is 27.8 Å². The minimum Gasteiger partial charge on any atom is -0.495 e. The fourth-order valence-corrected chi connectivity index (χ4v) is 5.71. The Morgan fingerprint density at radius 3 is 2.38 bits per heavy atom. The molecule has 0 aliphatic carbocycles. The van der Waals surface area contributed by atoms with Crippen molar-refractivity contribution in [2.24, 2.45) is 0 Å². The highest BCUT2D eigenvalue weighted by Crippen LogP contribution is 2.36. The summed E-state index contributed by atoms with van der Waals surface area (Å²) in [5.41, 5.74) is 0.687. The highest BCUT2D eigenvalue weighted by Gasteiger charge is 2.57. The average Bonchev–Trinajstić information content (AvgIpc) is 3.88. The summed E-state index contributed by atoms with van der Waals surface area (Å²) in [6, 6.07) is 16.4. The van der Waals surface area contributed by atoms with E-state index in [0.717, 1.165) is 15.1 Å². The van der Waals surface area contributed by atoms with Crippen LogP contribution in [0.15, 0.2) is 77.6 Å². The largest absolute Gasteiger partial charge is 0.495 e. The number of hydrogen-bond donors (Lipinski definition) is 1. The van der Waals surface area contributed by atoms with Crippen LogP contribution in [0.2, 0.25) is 0 Å². The summed E-state index contributed by atoms with van der Waals surface area (Å²) in [6.07, 6.45) is -0.568. The number of esters is 1. The Bertz CT molecular complexity index is 1940. The smallest absolute Gasteiger partial charge is 0.337 e. The first-order valence-corrected chi connectivity index (χ1v) is 14.7. The third-order valence-corrected chi connectivity index (χ3v) is 7.99. The van der Waals surface area contributed by atoms with Crippen molar-refractivity contribution in [3.63, 3.8) is 0 Å². The van der Waals surface area contributed by atoms with E-state index < -0.39 is 47.6 Å². The zero-order valence-electron chi connectivity index (χ0n) is 26.1. The van der Waals surface area contributed by atoms with E-state index in [1.54, 1.807) is 38.4 Å². The molecule has 2 aliphatic rings. The maximum Gasteiger partial charge on any atom is 0.337 e. The number of rotatable bonds is 10. The molecule has 2 aliphatic heterocycles. The average molecular weight is 641 g/mol. The van der Waals surface area contributed by atoms with Crippen molar-refractivity contribution >= 4 is 40.4 Å². The molecule has 47 heavy (non-hydrogen) atoms. The number of nitrogens with one attached hydrogen (secondary N) is 1. The monoisotopic (exact) mass is 640 g/mol. The number of para-hydroxylation sites is 1. The third kappa shape index (κ3) is 5.74. The predicted molar refractivity (Wildman–Crippen MR) is 170 cm³/mol. The third-order valence-electron chi connectivity index (χ3n) is 7.99. The second-order valence-electron chi connectivity index (χ2n) is 11.2. The van der Waals surface area contributed by atoms with Gasteiger partial charge in [0.15, 0.2) is 11.9 Å². The number of urea groups is 1. The Hall–Kier alpha value is -5.76. The molecule has 14 nitrogen and oxygen atoms in total. The van der Waals surface area contributed by atoms with E-state index in [0.29, 0.717) is 0 Å². The summed E-state index contributed by atoms with van der Waals surface area (Å²) in [4.78, 5) is 76.3. The van der Waals surface area contributed by atoms with Crippen LogP contribution in [-0.4, -0.2) is 90.3 Å². The Balaban J connectivity index is 1.52. The van der Waals surface area contributed by atoms with E-state index in [2.05, 4.69) is 10.3 Å². The molecule has 0 saturated carbocycles. The van der Waals surface area contributed by atoms with Gasteiger partial charge in [-0.2, -0.15) is 0 Å². The molecule has 2 fully saturated rings. The molecule has 3 heterocycles. The lowest BCUT2D eigenvalue weighted by Crippen LogP contribution is -2.48. The number of carbonyl (C=O) groups is 4. The van der Waals surface area contributed by atoms with Crippen molar-refractivity contribution in [2.75, 3.05) is 45.2 Å². The summed E-state index contributed by atoms with van der Waals surface area (Å²) in [5.74, 6) is -2.22. The number of amides is 4. The molecule has 0 radical (unpaired) electrons. The number of carbonyl (C=O) groups excluding carboxylic acids is 4.